The second-order valence-electron chi connectivity index (χ2n) is 5.49. The Kier molecular flexibility index (Phi) is 7.93. The first kappa shape index (κ1) is 20.6. The highest BCUT2D eigenvalue weighted by Gasteiger charge is 2.08. The Morgan fingerprint density at radius 2 is 1.67 bits per heavy atom. The van der Waals surface area contributed by atoms with E-state index < -0.39 is 0 Å². The predicted octanol–water partition coefficient (Wildman–Crippen LogP) is 3.61. The van der Waals surface area contributed by atoms with Crippen LogP contribution in [0.2, 0.25) is 0 Å². The van der Waals surface area contributed by atoms with Crippen molar-refractivity contribution in [3.05, 3.63) is 78.1 Å². The fraction of sp³-hybridized carbons (Fsp3) is 0.158. The van der Waals surface area contributed by atoms with Gasteiger partial charge in [-0.15, -0.1) is 24.0 Å². The first-order valence-electron chi connectivity index (χ1n) is 8.15. The number of guanidine groups is 1. The van der Waals surface area contributed by atoms with Crippen LogP contribution in [0.1, 0.15) is 21.9 Å². The van der Waals surface area contributed by atoms with Gasteiger partial charge in [-0.3, -0.25) is 9.79 Å². The summed E-state index contributed by atoms with van der Waals surface area (Å²) in [7, 11) is 1.71. The van der Waals surface area contributed by atoms with Gasteiger partial charge in [0.1, 0.15) is 5.76 Å². The van der Waals surface area contributed by atoms with Crippen molar-refractivity contribution >= 4 is 41.5 Å². The number of anilines is 1. The standard InChI is InChI=1S/C19H20N4O3.HI/c1-20-19(22-13-16-4-2-10-25-16)21-12-14-6-8-15(9-7-14)23-18(24)17-5-3-11-26-17;/h2-11H,12-13H2,1H3,(H,23,24)(H2,20,21,22);1H. The second kappa shape index (κ2) is 10.4. The maximum absolute atomic E-state index is 11.9. The molecule has 2 heterocycles. The Hall–Kier alpha value is -2.75. The minimum atomic E-state index is -0.275. The van der Waals surface area contributed by atoms with Crippen LogP contribution in [0.25, 0.3) is 0 Å². The van der Waals surface area contributed by atoms with Gasteiger partial charge in [0.25, 0.3) is 5.91 Å². The number of hydrogen-bond acceptors (Lipinski definition) is 4. The van der Waals surface area contributed by atoms with E-state index in [1.54, 1.807) is 25.4 Å². The second-order valence-corrected chi connectivity index (χ2v) is 5.49. The highest BCUT2D eigenvalue weighted by Crippen LogP contribution is 2.11. The minimum absolute atomic E-state index is 0. The van der Waals surface area contributed by atoms with E-state index in [9.17, 15) is 4.79 Å². The topological polar surface area (TPSA) is 91.8 Å². The van der Waals surface area contributed by atoms with Crippen LogP contribution in [0.15, 0.2) is 74.9 Å². The van der Waals surface area contributed by atoms with E-state index in [-0.39, 0.29) is 35.6 Å². The van der Waals surface area contributed by atoms with Gasteiger partial charge in [0, 0.05) is 19.3 Å². The lowest BCUT2D eigenvalue weighted by Gasteiger charge is -2.11. The van der Waals surface area contributed by atoms with Crippen LogP contribution in [0, 0.1) is 0 Å². The highest BCUT2D eigenvalue weighted by atomic mass is 127. The van der Waals surface area contributed by atoms with Crippen molar-refractivity contribution in [2.75, 3.05) is 12.4 Å². The Morgan fingerprint density at radius 3 is 2.30 bits per heavy atom. The molecule has 3 N–H and O–H groups in total. The normalized spacial score (nSPS) is 10.8. The van der Waals surface area contributed by atoms with Crippen LogP contribution in [-0.2, 0) is 13.1 Å². The molecule has 27 heavy (non-hydrogen) atoms. The molecule has 142 valence electrons. The number of amides is 1. The summed E-state index contributed by atoms with van der Waals surface area (Å²) >= 11 is 0. The van der Waals surface area contributed by atoms with E-state index in [4.69, 9.17) is 8.83 Å². The Bertz CT molecular complexity index is 844. The zero-order valence-electron chi connectivity index (χ0n) is 14.8. The first-order chi connectivity index (χ1) is 12.7. The quantitative estimate of drug-likeness (QED) is 0.285. The minimum Gasteiger partial charge on any atom is -0.467 e. The third-order valence-electron chi connectivity index (χ3n) is 3.65. The average Bonchev–Trinajstić information content (AvgIpc) is 3.37. The molecule has 8 heteroatoms. The molecule has 0 spiro atoms. The van der Waals surface area contributed by atoms with Gasteiger partial charge in [-0.25, -0.2) is 0 Å². The van der Waals surface area contributed by atoms with Crippen LogP contribution in [0.4, 0.5) is 5.69 Å². The fourth-order valence-corrected chi connectivity index (χ4v) is 2.30. The summed E-state index contributed by atoms with van der Waals surface area (Å²) in [6, 6.07) is 14.6. The molecule has 0 atom stereocenters. The molecule has 3 aromatic rings. The summed E-state index contributed by atoms with van der Waals surface area (Å²) in [5.74, 6) is 1.52. The lowest BCUT2D eigenvalue weighted by atomic mass is 10.2. The summed E-state index contributed by atoms with van der Waals surface area (Å²) < 4.78 is 10.3. The highest BCUT2D eigenvalue weighted by molar-refractivity contribution is 14.0. The molecule has 0 aliphatic rings. The fourth-order valence-electron chi connectivity index (χ4n) is 2.30. The van der Waals surface area contributed by atoms with Crippen molar-refractivity contribution in [1.29, 1.82) is 0 Å². The molecular formula is C19H21IN4O3. The van der Waals surface area contributed by atoms with Crippen molar-refractivity contribution in [1.82, 2.24) is 10.6 Å². The van der Waals surface area contributed by atoms with Crippen molar-refractivity contribution in [3.63, 3.8) is 0 Å². The van der Waals surface area contributed by atoms with E-state index in [0.717, 1.165) is 11.3 Å². The zero-order chi connectivity index (χ0) is 18.2. The van der Waals surface area contributed by atoms with Gasteiger partial charge in [-0.2, -0.15) is 0 Å². The van der Waals surface area contributed by atoms with Crippen molar-refractivity contribution in [2.45, 2.75) is 13.1 Å². The van der Waals surface area contributed by atoms with Gasteiger partial charge in [0.05, 0.1) is 19.1 Å². The molecule has 7 nitrogen and oxygen atoms in total. The van der Waals surface area contributed by atoms with E-state index in [2.05, 4.69) is 20.9 Å². The number of hydrogen-bond donors (Lipinski definition) is 3. The SMILES string of the molecule is CN=C(NCc1ccc(NC(=O)c2ccco2)cc1)NCc1ccco1.I. The molecule has 0 fully saturated rings. The number of benzene rings is 1. The zero-order valence-corrected chi connectivity index (χ0v) is 17.1. The maximum Gasteiger partial charge on any atom is 0.291 e. The van der Waals surface area contributed by atoms with E-state index in [1.807, 2.05) is 36.4 Å². The third kappa shape index (κ3) is 6.17. The molecule has 0 unspecified atom stereocenters. The van der Waals surface area contributed by atoms with E-state index in [1.165, 1.54) is 6.26 Å². The number of carbonyl (C=O) groups is 1. The molecule has 1 aromatic carbocycles. The Morgan fingerprint density at radius 1 is 0.963 bits per heavy atom. The maximum atomic E-state index is 11.9. The lowest BCUT2D eigenvalue weighted by molar-refractivity contribution is 0.0996. The number of nitrogens with one attached hydrogen (secondary N) is 3. The van der Waals surface area contributed by atoms with Gasteiger partial charge in [0.2, 0.25) is 0 Å². The van der Waals surface area contributed by atoms with E-state index >= 15 is 0 Å². The average molecular weight is 480 g/mol. The van der Waals surface area contributed by atoms with Gasteiger partial charge in [0.15, 0.2) is 11.7 Å². The summed E-state index contributed by atoms with van der Waals surface area (Å²) in [6.07, 6.45) is 3.11. The van der Waals surface area contributed by atoms with Crippen LogP contribution in [0.3, 0.4) is 0 Å². The van der Waals surface area contributed by atoms with Gasteiger partial charge in [-0.05, 0) is 42.0 Å². The summed E-state index contributed by atoms with van der Waals surface area (Å²) in [6.45, 7) is 1.16. The van der Waals surface area contributed by atoms with Crippen molar-refractivity contribution in [2.24, 2.45) is 4.99 Å². The molecule has 0 aliphatic carbocycles. The van der Waals surface area contributed by atoms with Crippen molar-refractivity contribution in [3.8, 4) is 0 Å². The number of carbonyl (C=O) groups excluding carboxylic acids is 1. The lowest BCUT2D eigenvalue weighted by Crippen LogP contribution is -2.36. The van der Waals surface area contributed by atoms with Crippen molar-refractivity contribution < 1.29 is 13.6 Å². The smallest absolute Gasteiger partial charge is 0.291 e. The molecule has 0 radical (unpaired) electrons. The monoisotopic (exact) mass is 480 g/mol. The number of nitrogens with zero attached hydrogens (tertiary/aromatic N) is 1. The molecule has 0 bridgehead atoms. The number of furan rings is 2. The molecule has 1 amide bonds. The largest absolute Gasteiger partial charge is 0.467 e. The summed E-state index contributed by atoms with van der Waals surface area (Å²) in [4.78, 5) is 16.1. The van der Waals surface area contributed by atoms with Crippen LogP contribution < -0.4 is 16.0 Å². The number of halogens is 1. The Labute approximate surface area is 174 Å². The molecule has 2 aromatic heterocycles. The van der Waals surface area contributed by atoms with Crippen LogP contribution in [-0.4, -0.2) is 18.9 Å². The van der Waals surface area contributed by atoms with Gasteiger partial charge < -0.3 is 24.8 Å². The molecular weight excluding hydrogens is 459 g/mol. The first-order valence-corrected chi connectivity index (χ1v) is 8.15. The summed E-state index contributed by atoms with van der Waals surface area (Å²) in [5, 5.41) is 9.18. The van der Waals surface area contributed by atoms with Crippen LogP contribution in [0.5, 0.6) is 0 Å². The number of aliphatic imine (C=N–C) groups is 1. The number of rotatable bonds is 6. The van der Waals surface area contributed by atoms with Gasteiger partial charge >= 0.3 is 0 Å². The molecule has 0 saturated heterocycles. The molecule has 3 rings (SSSR count). The summed E-state index contributed by atoms with van der Waals surface area (Å²) in [5.41, 5.74) is 1.76. The van der Waals surface area contributed by atoms with Crippen LogP contribution >= 0.6 is 24.0 Å². The third-order valence-corrected chi connectivity index (χ3v) is 3.65. The molecule has 0 aliphatic heterocycles. The van der Waals surface area contributed by atoms with E-state index in [0.29, 0.717) is 24.7 Å². The predicted molar refractivity (Wildman–Crippen MR) is 114 cm³/mol. The molecule has 0 saturated carbocycles. The Balaban J connectivity index is 0.00000261. The van der Waals surface area contributed by atoms with Gasteiger partial charge in [-0.1, -0.05) is 12.1 Å².